The number of rotatable bonds is 3. The summed E-state index contributed by atoms with van der Waals surface area (Å²) in [4.78, 5) is 21.3. The van der Waals surface area contributed by atoms with E-state index < -0.39 is 17.8 Å². The minimum absolute atomic E-state index is 0.0512. The van der Waals surface area contributed by atoms with Crippen LogP contribution in [0.15, 0.2) is 36.4 Å². The number of anilines is 2. The van der Waals surface area contributed by atoms with Crippen molar-refractivity contribution in [3.63, 3.8) is 0 Å². The minimum Gasteiger partial charge on any atom is -0.341 e. The van der Waals surface area contributed by atoms with E-state index in [1.54, 1.807) is 18.9 Å². The lowest BCUT2D eigenvalue weighted by Gasteiger charge is -2.37. The van der Waals surface area contributed by atoms with Gasteiger partial charge in [-0.05, 0) is 68.9 Å². The molecule has 2 aromatic rings. The smallest absolute Gasteiger partial charge is 0.341 e. The van der Waals surface area contributed by atoms with Gasteiger partial charge in [0.05, 0.1) is 5.56 Å². The van der Waals surface area contributed by atoms with Gasteiger partial charge in [-0.25, -0.2) is 4.98 Å². The van der Waals surface area contributed by atoms with Crippen molar-refractivity contribution in [2.75, 3.05) is 16.8 Å². The molecule has 29 heavy (non-hydrogen) atoms. The van der Waals surface area contributed by atoms with Gasteiger partial charge in [0, 0.05) is 24.5 Å². The second-order valence-corrected chi connectivity index (χ2v) is 8.17. The van der Waals surface area contributed by atoms with Gasteiger partial charge >= 0.3 is 6.18 Å². The number of amides is 1. The van der Waals surface area contributed by atoms with Crippen molar-refractivity contribution in [3.8, 4) is 0 Å². The fraction of sp³-hybridized carbons (Fsp3) is 0.455. The number of pyridine rings is 1. The minimum atomic E-state index is -4.45. The van der Waals surface area contributed by atoms with Crippen LogP contribution in [0.25, 0.3) is 0 Å². The first-order valence-electron chi connectivity index (χ1n) is 9.83. The van der Waals surface area contributed by atoms with E-state index in [1.165, 1.54) is 0 Å². The summed E-state index contributed by atoms with van der Waals surface area (Å²) in [5.41, 5.74) is 1.41. The summed E-state index contributed by atoms with van der Waals surface area (Å²) in [5.74, 6) is 0.289. The van der Waals surface area contributed by atoms with Gasteiger partial charge in [-0.3, -0.25) is 4.79 Å². The highest BCUT2D eigenvalue weighted by Crippen LogP contribution is 2.46. The third-order valence-corrected chi connectivity index (χ3v) is 6.09. The lowest BCUT2D eigenvalue weighted by Crippen LogP contribution is -2.51. The van der Waals surface area contributed by atoms with Crippen LogP contribution in [-0.4, -0.2) is 30.0 Å². The molecule has 4 rings (SSSR count). The van der Waals surface area contributed by atoms with Crippen molar-refractivity contribution in [1.82, 2.24) is 4.98 Å². The number of nitrogens with zero attached hydrogens (tertiary/aromatic N) is 3. The Morgan fingerprint density at radius 1 is 1.17 bits per heavy atom. The van der Waals surface area contributed by atoms with Crippen molar-refractivity contribution < 1.29 is 18.0 Å². The summed E-state index contributed by atoms with van der Waals surface area (Å²) in [6.45, 7) is 3.52. The first kappa shape index (κ1) is 19.7. The van der Waals surface area contributed by atoms with Gasteiger partial charge in [0.1, 0.15) is 11.9 Å². The zero-order valence-corrected chi connectivity index (χ0v) is 16.7. The van der Waals surface area contributed by atoms with Crippen LogP contribution in [0.2, 0.25) is 0 Å². The number of carbonyl (C=O) groups is 1. The van der Waals surface area contributed by atoms with E-state index in [2.05, 4.69) is 4.98 Å². The number of alkyl halides is 3. The predicted molar refractivity (Wildman–Crippen MR) is 106 cm³/mol. The number of likely N-dealkylation sites (N-methyl/N-ethyl adjacent to an activating group) is 1. The number of aryl methyl sites for hydroxylation is 2. The van der Waals surface area contributed by atoms with E-state index >= 15 is 0 Å². The third-order valence-electron chi connectivity index (χ3n) is 6.09. The largest absolute Gasteiger partial charge is 0.416 e. The van der Waals surface area contributed by atoms with Crippen molar-refractivity contribution in [2.45, 2.75) is 51.4 Å². The SMILES string of the molecule is Cc1cccc(N(C)C(=O)C2C3CCC(C3)N2c2cc(C(F)(F)F)cc(C)n2)c1. The molecule has 3 unspecified atom stereocenters. The quantitative estimate of drug-likeness (QED) is 0.743. The van der Waals surface area contributed by atoms with Crippen LogP contribution in [0.3, 0.4) is 0 Å². The van der Waals surface area contributed by atoms with Gasteiger partial charge in [0.25, 0.3) is 0 Å². The summed E-state index contributed by atoms with van der Waals surface area (Å²) in [5, 5.41) is 0. The van der Waals surface area contributed by atoms with Gasteiger partial charge in [-0.1, -0.05) is 12.1 Å². The molecule has 2 aliphatic rings. The Bertz CT molecular complexity index is 943. The molecule has 1 amide bonds. The second-order valence-electron chi connectivity index (χ2n) is 8.17. The van der Waals surface area contributed by atoms with Crippen LogP contribution in [0.5, 0.6) is 0 Å². The number of carbonyl (C=O) groups excluding carboxylic acids is 1. The first-order valence-corrected chi connectivity index (χ1v) is 9.83. The molecule has 2 heterocycles. The van der Waals surface area contributed by atoms with Gasteiger partial charge in [0.2, 0.25) is 5.91 Å². The van der Waals surface area contributed by atoms with Crippen LogP contribution in [-0.2, 0) is 11.0 Å². The molecule has 7 heteroatoms. The molecule has 1 aliphatic heterocycles. The summed E-state index contributed by atoms with van der Waals surface area (Å²) in [6, 6.07) is 9.35. The van der Waals surface area contributed by atoms with E-state index in [0.717, 1.165) is 42.6 Å². The van der Waals surface area contributed by atoms with E-state index in [0.29, 0.717) is 5.69 Å². The molecular formula is C22H24F3N3O. The van der Waals surface area contributed by atoms with Crippen molar-refractivity contribution >= 4 is 17.4 Å². The van der Waals surface area contributed by atoms with E-state index in [4.69, 9.17) is 0 Å². The number of aromatic nitrogens is 1. The molecule has 0 spiro atoms. The van der Waals surface area contributed by atoms with Gasteiger partial charge in [-0.2, -0.15) is 13.2 Å². The third kappa shape index (κ3) is 3.58. The average molecular weight is 403 g/mol. The molecular weight excluding hydrogens is 379 g/mol. The Labute approximate surface area is 168 Å². The second kappa shape index (κ2) is 7.04. The van der Waals surface area contributed by atoms with Crippen LogP contribution in [0, 0.1) is 19.8 Å². The van der Waals surface area contributed by atoms with Crippen LogP contribution < -0.4 is 9.80 Å². The van der Waals surface area contributed by atoms with Gasteiger partial charge in [0.15, 0.2) is 0 Å². The fourth-order valence-corrected chi connectivity index (χ4v) is 4.74. The molecule has 154 valence electrons. The number of hydrogen-bond donors (Lipinski definition) is 0. The number of halogens is 3. The highest BCUT2D eigenvalue weighted by atomic mass is 19.4. The van der Waals surface area contributed by atoms with E-state index in [9.17, 15) is 18.0 Å². The van der Waals surface area contributed by atoms with Crippen LogP contribution >= 0.6 is 0 Å². The molecule has 2 fully saturated rings. The normalized spacial score (nSPS) is 23.5. The topological polar surface area (TPSA) is 36.4 Å². The van der Waals surface area contributed by atoms with E-state index in [1.807, 2.05) is 36.1 Å². The Hall–Kier alpha value is -2.57. The van der Waals surface area contributed by atoms with Crippen molar-refractivity contribution in [1.29, 1.82) is 0 Å². The molecule has 1 aromatic heterocycles. The molecule has 1 aromatic carbocycles. The standard InChI is InChI=1S/C22H24F3N3O/c1-13-5-4-6-17(9-13)27(3)21(29)20-15-7-8-18(11-15)28(20)19-12-16(22(23,24)25)10-14(2)26-19/h4-6,9-10,12,15,18,20H,7-8,11H2,1-3H3. The summed E-state index contributed by atoms with van der Waals surface area (Å²) >= 11 is 0. The molecule has 0 N–H and O–H groups in total. The Balaban J connectivity index is 1.70. The van der Waals surface area contributed by atoms with Crippen LogP contribution in [0.1, 0.15) is 36.1 Å². The monoisotopic (exact) mass is 403 g/mol. The van der Waals surface area contributed by atoms with Crippen LogP contribution in [0.4, 0.5) is 24.7 Å². The molecule has 4 nitrogen and oxygen atoms in total. The molecule has 0 radical (unpaired) electrons. The molecule has 3 atom stereocenters. The zero-order valence-electron chi connectivity index (χ0n) is 16.7. The lowest BCUT2D eigenvalue weighted by atomic mass is 9.97. The summed E-state index contributed by atoms with van der Waals surface area (Å²) < 4.78 is 40.0. The summed E-state index contributed by atoms with van der Waals surface area (Å²) in [7, 11) is 1.73. The lowest BCUT2D eigenvalue weighted by molar-refractivity contribution is -0.137. The first-order chi connectivity index (χ1) is 13.6. The number of piperidine rings is 1. The van der Waals surface area contributed by atoms with E-state index in [-0.39, 0.29) is 23.7 Å². The number of benzene rings is 1. The predicted octanol–water partition coefficient (Wildman–Crippen LogP) is 4.74. The summed E-state index contributed by atoms with van der Waals surface area (Å²) in [6.07, 6.45) is -1.84. The Morgan fingerprint density at radius 2 is 1.93 bits per heavy atom. The molecule has 1 saturated carbocycles. The van der Waals surface area contributed by atoms with Crippen molar-refractivity contribution in [2.24, 2.45) is 5.92 Å². The molecule has 1 saturated heterocycles. The fourth-order valence-electron chi connectivity index (χ4n) is 4.74. The van der Waals surface area contributed by atoms with Gasteiger partial charge in [-0.15, -0.1) is 0 Å². The highest BCUT2D eigenvalue weighted by molar-refractivity contribution is 5.99. The Kier molecular flexibility index (Phi) is 4.79. The Morgan fingerprint density at radius 3 is 2.62 bits per heavy atom. The number of fused-ring (bicyclic) bond motifs is 2. The maximum atomic E-state index is 13.4. The maximum absolute atomic E-state index is 13.4. The molecule has 2 bridgehead atoms. The average Bonchev–Trinajstić information content (AvgIpc) is 3.27. The van der Waals surface area contributed by atoms with Crippen molar-refractivity contribution in [3.05, 3.63) is 53.2 Å². The highest BCUT2D eigenvalue weighted by Gasteiger charge is 2.51. The maximum Gasteiger partial charge on any atom is 0.416 e. The molecule has 1 aliphatic carbocycles. The zero-order chi connectivity index (χ0) is 20.9. The number of hydrogen-bond acceptors (Lipinski definition) is 3. The van der Waals surface area contributed by atoms with Gasteiger partial charge < -0.3 is 9.80 Å².